The van der Waals surface area contributed by atoms with Gasteiger partial charge in [0.15, 0.2) is 15.6 Å². The molecular formula is C12H11NO3S. The van der Waals surface area contributed by atoms with Crippen LogP contribution in [-0.4, -0.2) is 20.5 Å². The van der Waals surface area contributed by atoms with Crippen molar-refractivity contribution in [1.29, 1.82) is 5.26 Å². The van der Waals surface area contributed by atoms with Gasteiger partial charge in [0.2, 0.25) is 0 Å². The molecule has 0 aromatic heterocycles. The first kappa shape index (κ1) is 13.1. The van der Waals surface area contributed by atoms with E-state index in [-0.39, 0.29) is 4.91 Å². The molecule has 0 heterocycles. The van der Waals surface area contributed by atoms with E-state index < -0.39 is 15.6 Å². The molecule has 0 fully saturated rings. The van der Waals surface area contributed by atoms with Crippen LogP contribution in [0.4, 0.5) is 0 Å². The number of sulfone groups is 1. The minimum Gasteiger partial charge on any atom is -0.294 e. The largest absolute Gasteiger partial charge is 0.294 e. The van der Waals surface area contributed by atoms with Crippen LogP contribution < -0.4 is 0 Å². The van der Waals surface area contributed by atoms with Crippen molar-refractivity contribution in [2.45, 2.75) is 6.92 Å². The zero-order valence-electron chi connectivity index (χ0n) is 9.47. The highest BCUT2D eigenvalue weighted by molar-refractivity contribution is 7.95. The van der Waals surface area contributed by atoms with E-state index in [4.69, 9.17) is 5.26 Å². The van der Waals surface area contributed by atoms with Gasteiger partial charge in [-0.25, -0.2) is 8.42 Å². The molecule has 5 heteroatoms. The molecular weight excluding hydrogens is 238 g/mol. The third-order valence-electron chi connectivity index (χ3n) is 2.11. The Hall–Kier alpha value is -1.93. The number of ketones is 1. The number of benzene rings is 1. The maximum absolute atomic E-state index is 11.4. The molecule has 0 unspecified atom stereocenters. The second kappa shape index (κ2) is 4.93. The van der Waals surface area contributed by atoms with Crippen LogP contribution >= 0.6 is 0 Å². The van der Waals surface area contributed by atoms with Crippen LogP contribution in [0.1, 0.15) is 18.1 Å². The number of nitrogens with zero attached hydrogens (tertiary/aromatic N) is 1. The van der Waals surface area contributed by atoms with E-state index in [0.29, 0.717) is 11.1 Å². The fraction of sp³-hybridized carbons (Fsp3) is 0.167. The van der Waals surface area contributed by atoms with Crippen molar-refractivity contribution < 1.29 is 13.2 Å². The average Bonchev–Trinajstić information content (AvgIpc) is 2.24. The molecule has 0 amide bonds. The Morgan fingerprint density at radius 2 is 1.94 bits per heavy atom. The molecule has 0 radical (unpaired) electrons. The van der Waals surface area contributed by atoms with Crippen LogP contribution in [0.3, 0.4) is 0 Å². The Morgan fingerprint density at radius 3 is 2.41 bits per heavy atom. The molecule has 4 nitrogen and oxygen atoms in total. The smallest absolute Gasteiger partial charge is 0.179 e. The van der Waals surface area contributed by atoms with Crippen molar-refractivity contribution in [3.8, 4) is 6.07 Å². The summed E-state index contributed by atoms with van der Waals surface area (Å²) in [5.41, 5.74) is 0.750. The molecule has 0 aliphatic rings. The third-order valence-corrected chi connectivity index (χ3v) is 3.32. The minimum atomic E-state index is -3.59. The summed E-state index contributed by atoms with van der Waals surface area (Å²) in [5.74, 6) is -0.541. The van der Waals surface area contributed by atoms with Crippen molar-refractivity contribution in [2.75, 3.05) is 6.26 Å². The summed E-state index contributed by atoms with van der Waals surface area (Å²) < 4.78 is 22.8. The van der Waals surface area contributed by atoms with Crippen LogP contribution in [0.25, 0.3) is 6.08 Å². The van der Waals surface area contributed by atoms with E-state index in [1.807, 2.05) is 6.07 Å². The number of hydrogen-bond acceptors (Lipinski definition) is 4. The summed E-state index contributed by atoms with van der Waals surface area (Å²) in [6.45, 7) is 1.18. The van der Waals surface area contributed by atoms with Crippen LogP contribution in [0.15, 0.2) is 29.2 Å². The summed E-state index contributed by atoms with van der Waals surface area (Å²) in [5, 5.41) is 8.86. The number of carbonyl (C=O) groups is 1. The molecule has 0 aliphatic carbocycles. The van der Waals surface area contributed by atoms with E-state index >= 15 is 0 Å². The number of hydrogen-bond donors (Lipinski definition) is 0. The van der Waals surface area contributed by atoms with Gasteiger partial charge in [0.05, 0.1) is 11.6 Å². The molecule has 1 rings (SSSR count). The third kappa shape index (κ3) is 3.26. The summed E-state index contributed by atoms with van der Waals surface area (Å²) in [7, 11) is -3.59. The average molecular weight is 249 g/mol. The molecule has 88 valence electrons. The zero-order valence-corrected chi connectivity index (χ0v) is 10.3. The summed E-state index contributed by atoms with van der Waals surface area (Å²) in [6, 6.07) is 8.44. The summed E-state index contributed by atoms with van der Waals surface area (Å²) >= 11 is 0. The number of allylic oxidation sites excluding steroid dienone is 1. The van der Waals surface area contributed by atoms with Gasteiger partial charge in [-0.3, -0.25) is 4.79 Å². The lowest BCUT2D eigenvalue weighted by Gasteiger charge is -2.02. The Bertz CT molecular complexity index is 621. The first-order valence-corrected chi connectivity index (χ1v) is 6.67. The molecule has 0 bridgehead atoms. The predicted octanol–water partition coefficient (Wildman–Crippen LogP) is 1.53. The molecule has 0 atom stereocenters. The molecule has 17 heavy (non-hydrogen) atoms. The number of Topliss-reactive ketones (excluding diaryl/α,β-unsaturated/α-hetero) is 1. The van der Waals surface area contributed by atoms with Gasteiger partial charge in [-0.05, 0) is 24.6 Å². The van der Waals surface area contributed by atoms with Crippen LogP contribution in [-0.2, 0) is 14.6 Å². The normalized spacial score (nSPS) is 11.9. The quantitative estimate of drug-likeness (QED) is 0.761. The second-order valence-corrected chi connectivity index (χ2v) is 5.52. The monoisotopic (exact) mass is 249 g/mol. The molecule has 0 N–H and O–H groups in total. The van der Waals surface area contributed by atoms with Crippen molar-refractivity contribution in [1.82, 2.24) is 0 Å². The van der Waals surface area contributed by atoms with Gasteiger partial charge in [-0.15, -0.1) is 0 Å². The van der Waals surface area contributed by atoms with Gasteiger partial charge in [-0.1, -0.05) is 18.2 Å². The Balaban J connectivity index is 3.44. The summed E-state index contributed by atoms with van der Waals surface area (Å²) in [6.07, 6.45) is 2.20. The first-order valence-electron chi connectivity index (χ1n) is 4.78. The van der Waals surface area contributed by atoms with Crippen molar-refractivity contribution >= 4 is 21.7 Å². The maximum Gasteiger partial charge on any atom is 0.179 e. The highest BCUT2D eigenvalue weighted by atomic mass is 32.2. The van der Waals surface area contributed by atoms with Gasteiger partial charge in [0.1, 0.15) is 4.91 Å². The van der Waals surface area contributed by atoms with Gasteiger partial charge < -0.3 is 0 Å². The standard InChI is InChI=1S/C12H11NO3S/c1-9(14)12(17(2,15)16)7-10-5-3-4-6-11(10)8-13/h3-7H,1-2H3. The van der Waals surface area contributed by atoms with Crippen molar-refractivity contribution in [2.24, 2.45) is 0 Å². The second-order valence-electron chi connectivity index (χ2n) is 3.54. The van der Waals surface area contributed by atoms with Gasteiger partial charge in [0, 0.05) is 6.26 Å². The van der Waals surface area contributed by atoms with Crippen LogP contribution in [0, 0.1) is 11.3 Å². The molecule has 1 aromatic carbocycles. The Morgan fingerprint density at radius 1 is 1.35 bits per heavy atom. The van der Waals surface area contributed by atoms with Crippen molar-refractivity contribution in [3.05, 3.63) is 40.3 Å². The fourth-order valence-corrected chi connectivity index (χ4v) is 2.20. The fourth-order valence-electron chi connectivity index (χ4n) is 1.34. The molecule has 0 aliphatic heterocycles. The van der Waals surface area contributed by atoms with Crippen molar-refractivity contribution in [3.63, 3.8) is 0 Å². The topological polar surface area (TPSA) is 75.0 Å². The van der Waals surface area contributed by atoms with E-state index in [1.165, 1.54) is 13.0 Å². The zero-order chi connectivity index (χ0) is 13.1. The maximum atomic E-state index is 11.4. The lowest BCUT2D eigenvalue weighted by Crippen LogP contribution is -2.08. The Kier molecular flexibility index (Phi) is 3.81. The van der Waals surface area contributed by atoms with E-state index in [0.717, 1.165) is 6.26 Å². The molecule has 0 saturated carbocycles. The Labute approximate surface area is 100 Å². The molecule has 0 saturated heterocycles. The first-order chi connectivity index (χ1) is 7.86. The van der Waals surface area contributed by atoms with Crippen LogP contribution in [0.5, 0.6) is 0 Å². The molecule has 1 aromatic rings. The number of nitriles is 1. The van der Waals surface area contributed by atoms with Gasteiger partial charge >= 0.3 is 0 Å². The highest BCUT2D eigenvalue weighted by Crippen LogP contribution is 2.16. The molecule has 0 spiro atoms. The van der Waals surface area contributed by atoms with Gasteiger partial charge in [0.25, 0.3) is 0 Å². The lowest BCUT2D eigenvalue weighted by atomic mass is 10.1. The van der Waals surface area contributed by atoms with Crippen LogP contribution in [0.2, 0.25) is 0 Å². The van der Waals surface area contributed by atoms with E-state index in [1.54, 1.807) is 24.3 Å². The SMILES string of the molecule is CC(=O)C(=Cc1ccccc1C#N)S(C)(=O)=O. The van der Waals surface area contributed by atoms with Gasteiger partial charge in [-0.2, -0.15) is 5.26 Å². The van der Waals surface area contributed by atoms with E-state index in [2.05, 4.69) is 0 Å². The predicted molar refractivity (Wildman–Crippen MR) is 64.7 cm³/mol. The highest BCUT2D eigenvalue weighted by Gasteiger charge is 2.16. The summed E-state index contributed by atoms with van der Waals surface area (Å²) in [4.78, 5) is 11.0. The van der Waals surface area contributed by atoms with E-state index in [9.17, 15) is 13.2 Å². The number of rotatable bonds is 3. The number of carbonyl (C=O) groups excluding carboxylic acids is 1. The minimum absolute atomic E-state index is 0.291. The lowest BCUT2D eigenvalue weighted by molar-refractivity contribution is -0.112.